The molecule has 3 heterocycles. The standard InChI is InChI=1S/C22H20ClN5O3/c1-12(26-22-24-5-4-18(28-22)15-9-25-31-11-15)16-6-14-7-17(23)20(30-10-13-2-3-13)8-19(14)27-21(16)29/h4-9,11-13H,2-3,10H2,1H3,(H,27,29)(H,24,26,28)/t12-/m0/s1. The molecule has 1 aliphatic carbocycles. The summed E-state index contributed by atoms with van der Waals surface area (Å²) in [4.78, 5) is 24.4. The fourth-order valence-electron chi connectivity index (χ4n) is 3.34. The third-order valence-corrected chi connectivity index (χ3v) is 5.59. The predicted molar refractivity (Wildman–Crippen MR) is 117 cm³/mol. The van der Waals surface area contributed by atoms with Crippen LogP contribution in [0.3, 0.4) is 0 Å². The van der Waals surface area contributed by atoms with Crippen molar-refractivity contribution in [3.63, 3.8) is 0 Å². The number of rotatable bonds is 7. The molecule has 0 unspecified atom stereocenters. The number of aromatic amines is 1. The van der Waals surface area contributed by atoms with E-state index in [0.29, 0.717) is 46.0 Å². The molecule has 1 aliphatic rings. The number of pyridine rings is 1. The highest BCUT2D eigenvalue weighted by Gasteiger charge is 2.22. The Labute approximate surface area is 182 Å². The van der Waals surface area contributed by atoms with E-state index in [0.717, 1.165) is 10.9 Å². The van der Waals surface area contributed by atoms with Crippen LogP contribution in [0.5, 0.6) is 5.75 Å². The summed E-state index contributed by atoms with van der Waals surface area (Å²) in [5, 5.41) is 8.22. The maximum absolute atomic E-state index is 12.8. The van der Waals surface area contributed by atoms with Crippen LogP contribution in [0.25, 0.3) is 22.2 Å². The topological polar surface area (TPSA) is 106 Å². The van der Waals surface area contributed by atoms with Crippen LogP contribution < -0.4 is 15.6 Å². The van der Waals surface area contributed by atoms with Crippen LogP contribution in [0.1, 0.15) is 31.4 Å². The van der Waals surface area contributed by atoms with E-state index in [1.165, 1.54) is 19.1 Å². The Balaban J connectivity index is 1.40. The van der Waals surface area contributed by atoms with Gasteiger partial charge in [-0.1, -0.05) is 16.8 Å². The van der Waals surface area contributed by atoms with Gasteiger partial charge in [-0.2, -0.15) is 0 Å². The van der Waals surface area contributed by atoms with Crippen molar-refractivity contribution >= 4 is 28.5 Å². The SMILES string of the molecule is C[C@H](Nc1nccc(-c2cnoc2)n1)c1cc2cc(Cl)c(OCC3CC3)cc2[nH]c1=O. The molecule has 9 heteroatoms. The third kappa shape index (κ3) is 4.25. The molecule has 0 amide bonds. The molecular weight excluding hydrogens is 418 g/mol. The summed E-state index contributed by atoms with van der Waals surface area (Å²) in [5.74, 6) is 1.60. The number of aromatic nitrogens is 4. The lowest BCUT2D eigenvalue weighted by Crippen LogP contribution is -2.20. The number of hydrogen-bond acceptors (Lipinski definition) is 7. The maximum Gasteiger partial charge on any atom is 0.253 e. The van der Waals surface area contributed by atoms with Crippen LogP contribution >= 0.6 is 11.6 Å². The van der Waals surface area contributed by atoms with Crippen LogP contribution in [0, 0.1) is 5.92 Å². The number of anilines is 1. The van der Waals surface area contributed by atoms with Gasteiger partial charge in [-0.3, -0.25) is 4.79 Å². The highest BCUT2D eigenvalue weighted by atomic mass is 35.5. The van der Waals surface area contributed by atoms with Gasteiger partial charge < -0.3 is 19.6 Å². The normalized spacial score (nSPS) is 14.5. The largest absolute Gasteiger partial charge is 0.492 e. The summed E-state index contributed by atoms with van der Waals surface area (Å²) in [6.07, 6.45) is 7.12. The molecule has 1 aromatic carbocycles. The molecule has 2 N–H and O–H groups in total. The zero-order valence-corrected chi connectivity index (χ0v) is 17.5. The summed E-state index contributed by atoms with van der Waals surface area (Å²) in [6, 6.07) is 6.85. The number of nitrogens with zero attached hydrogens (tertiary/aromatic N) is 3. The monoisotopic (exact) mass is 437 g/mol. The number of halogens is 1. The fourth-order valence-corrected chi connectivity index (χ4v) is 3.57. The lowest BCUT2D eigenvalue weighted by molar-refractivity contribution is 0.300. The molecule has 0 saturated heterocycles. The molecule has 0 aliphatic heterocycles. The number of fused-ring (bicyclic) bond motifs is 1. The maximum atomic E-state index is 12.8. The molecule has 0 radical (unpaired) electrons. The zero-order chi connectivity index (χ0) is 21.4. The summed E-state index contributed by atoms with van der Waals surface area (Å²) < 4.78 is 10.7. The Bertz CT molecular complexity index is 1280. The molecule has 0 bridgehead atoms. The van der Waals surface area contributed by atoms with E-state index in [9.17, 15) is 4.79 Å². The van der Waals surface area contributed by atoms with Gasteiger partial charge in [-0.05, 0) is 43.9 Å². The van der Waals surface area contributed by atoms with E-state index < -0.39 is 0 Å². The average molecular weight is 438 g/mol. The average Bonchev–Trinajstić information content (AvgIpc) is 3.42. The first-order chi connectivity index (χ1) is 15.1. The summed E-state index contributed by atoms with van der Waals surface area (Å²) in [7, 11) is 0. The van der Waals surface area contributed by atoms with Gasteiger partial charge >= 0.3 is 0 Å². The van der Waals surface area contributed by atoms with Gasteiger partial charge in [0.1, 0.15) is 12.0 Å². The summed E-state index contributed by atoms with van der Waals surface area (Å²) in [5.41, 5.74) is 2.45. The van der Waals surface area contributed by atoms with Crippen LogP contribution in [-0.4, -0.2) is 26.7 Å². The van der Waals surface area contributed by atoms with Crippen LogP contribution in [0.4, 0.5) is 5.95 Å². The molecule has 5 rings (SSSR count). The summed E-state index contributed by atoms with van der Waals surface area (Å²) in [6.45, 7) is 2.53. The number of nitrogens with one attached hydrogen (secondary N) is 2. The second kappa shape index (κ2) is 8.03. The van der Waals surface area contributed by atoms with Gasteiger partial charge in [0, 0.05) is 23.2 Å². The predicted octanol–water partition coefficient (Wildman–Crippen LogP) is 4.59. The Kier molecular flexibility index (Phi) is 5.07. The van der Waals surface area contributed by atoms with E-state index in [1.807, 2.05) is 19.1 Å². The second-order valence-corrected chi connectivity index (χ2v) is 8.13. The van der Waals surface area contributed by atoms with Crippen molar-refractivity contribution in [1.29, 1.82) is 0 Å². The smallest absolute Gasteiger partial charge is 0.253 e. The molecular formula is C22H20ClN5O3. The molecule has 31 heavy (non-hydrogen) atoms. The Hall–Kier alpha value is -3.39. The van der Waals surface area contributed by atoms with Gasteiger partial charge in [0.25, 0.3) is 5.56 Å². The van der Waals surface area contributed by atoms with E-state index in [4.69, 9.17) is 20.9 Å². The number of hydrogen-bond donors (Lipinski definition) is 2. The molecule has 8 nitrogen and oxygen atoms in total. The number of benzene rings is 1. The van der Waals surface area contributed by atoms with Crippen molar-refractivity contribution in [1.82, 2.24) is 20.1 Å². The first kappa shape index (κ1) is 19.6. The van der Waals surface area contributed by atoms with Crippen molar-refractivity contribution in [2.75, 3.05) is 11.9 Å². The van der Waals surface area contributed by atoms with E-state index in [-0.39, 0.29) is 11.6 Å². The molecule has 3 aromatic heterocycles. The quantitative estimate of drug-likeness (QED) is 0.435. The molecule has 158 valence electrons. The van der Waals surface area contributed by atoms with Gasteiger partial charge in [0.15, 0.2) is 0 Å². The van der Waals surface area contributed by atoms with Gasteiger partial charge in [0.05, 0.1) is 40.6 Å². The molecule has 0 spiro atoms. The minimum Gasteiger partial charge on any atom is -0.492 e. The highest BCUT2D eigenvalue weighted by Crippen LogP contribution is 2.34. The Morgan fingerprint density at radius 2 is 2.23 bits per heavy atom. The minimum absolute atomic E-state index is 0.196. The zero-order valence-electron chi connectivity index (χ0n) is 16.8. The molecule has 4 aromatic rings. The van der Waals surface area contributed by atoms with Gasteiger partial charge in [0.2, 0.25) is 5.95 Å². The van der Waals surface area contributed by atoms with Crippen molar-refractivity contribution in [2.45, 2.75) is 25.8 Å². The Morgan fingerprint density at radius 3 is 3.00 bits per heavy atom. The first-order valence-electron chi connectivity index (χ1n) is 10.1. The third-order valence-electron chi connectivity index (χ3n) is 5.29. The summed E-state index contributed by atoms with van der Waals surface area (Å²) >= 11 is 6.41. The van der Waals surface area contributed by atoms with Crippen molar-refractivity contribution < 1.29 is 9.26 Å². The second-order valence-electron chi connectivity index (χ2n) is 7.72. The van der Waals surface area contributed by atoms with E-state index in [1.54, 1.807) is 24.5 Å². The van der Waals surface area contributed by atoms with Crippen LogP contribution in [-0.2, 0) is 0 Å². The van der Waals surface area contributed by atoms with E-state index >= 15 is 0 Å². The lowest BCUT2D eigenvalue weighted by Gasteiger charge is -2.15. The van der Waals surface area contributed by atoms with Crippen molar-refractivity contribution in [2.24, 2.45) is 5.92 Å². The Morgan fingerprint density at radius 1 is 1.35 bits per heavy atom. The van der Waals surface area contributed by atoms with Crippen molar-refractivity contribution in [3.05, 3.63) is 63.9 Å². The fraction of sp³-hybridized carbons (Fsp3) is 0.273. The van der Waals surface area contributed by atoms with E-state index in [2.05, 4.69) is 25.4 Å². The molecule has 1 saturated carbocycles. The molecule has 1 fully saturated rings. The van der Waals surface area contributed by atoms with Gasteiger partial charge in [-0.15, -0.1) is 0 Å². The van der Waals surface area contributed by atoms with Crippen LogP contribution in [0.15, 0.2) is 52.2 Å². The minimum atomic E-state index is -0.338. The number of ether oxygens (including phenoxy) is 1. The number of H-pyrrole nitrogens is 1. The highest BCUT2D eigenvalue weighted by molar-refractivity contribution is 6.32. The van der Waals surface area contributed by atoms with Crippen LogP contribution in [0.2, 0.25) is 5.02 Å². The molecule has 1 atom stereocenters. The van der Waals surface area contributed by atoms with Gasteiger partial charge in [-0.25, -0.2) is 9.97 Å². The first-order valence-corrected chi connectivity index (χ1v) is 10.4. The lowest BCUT2D eigenvalue weighted by atomic mass is 10.1. The van der Waals surface area contributed by atoms with Crippen molar-refractivity contribution in [3.8, 4) is 17.0 Å².